The lowest BCUT2D eigenvalue weighted by Gasteiger charge is -2.10. The molecule has 4 aromatic rings. The van der Waals surface area contributed by atoms with Gasteiger partial charge in [0.05, 0.1) is 28.5 Å². The number of carbonyl (C=O) groups is 1. The number of fused-ring (bicyclic) bond motifs is 1. The number of pyridine rings is 1. The average Bonchev–Trinajstić information content (AvgIpc) is 3.22. The standard InChI is InChI=1S/C23H15N3O3S/c1-28-20-13-15(6-7-19(20)29-23(27)16-8-10-25-11-9-16)12-17(14-24)22-26-18-4-2-3-5-21(18)30-22/h2-13H,1H3. The lowest BCUT2D eigenvalue weighted by atomic mass is 10.1. The Labute approximate surface area is 176 Å². The number of benzene rings is 2. The van der Waals surface area contributed by atoms with Crippen LogP contribution in [0.2, 0.25) is 0 Å². The van der Waals surface area contributed by atoms with E-state index in [-0.39, 0.29) is 5.75 Å². The minimum Gasteiger partial charge on any atom is -0.493 e. The highest BCUT2D eigenvalue weighted by Crippen LogP contribution is 2.32. The fourth-order valence-electron chi connectivity index (χ4n) is 2.80. The van der Waals surface area contributed by atoms with Crippen LogP contribution in [0, 0.1) is 11.3 Å². The van der Waals surface area contributed by atoms with Crippen molar-refractivity contribution in [3.8, 4) is 17.6 Å². The molecular formula is C23H15N3O3S. The quantitative estimate of drug-likeness (QED) is 0.260. The predicted octanol–water partition coefficient (Wildman–Crippen LogP) is 4.98. The molecule has 7 heteroatoms. The number of nitrogens with zero attached hydrogens (tertiary/aromatic N) is 3. The van der Waals surface area contributed by atoms with Gasteiger partial charge in [-0.3, -0.25) is 4.98 Å². The molecule has 146 valence electrons. The molecule has 2 aromatic heterocycles. The summed E-state index contributed by atoms with van der Waals surface area (Å²) in [6, 6.07) is 18.2. The van der Waals surface area contributed by atoms with E-state index in [9.17, 15) is 10.1 Å². The molecule has 0 aliphatic carbocycles. The van der Waals surface area contributed by atoms with Gasteiger partial charge >= 0.3 is 5.97 Å². The van der Waals surface area contributed by atoms with Crippen LogP contribution in [0.25, 0.3) is 21.9 Å². The Bertz CT molecular complexity index is 1260. The van der Waals surface area contributed by atoms with E-state index in [0.29, 0.717) is 21.9 Å². The van der Waals surface area contributed by atoms with E-state index in [1.807, 2.05) is 24.3 Å². The summed E-state index contributed by atoms with van der Waals surface area (Å²) in [6.07, 6.45) is 4.77. The number of allylic oxidation sites excluding steroid dienone is 1. The summed E-state index contributed by atoms with van der Waals surface area (Å²) in [5.74, 6) is 0.161. The lowest BCUT2D eigenvalue weighted by Crippen LogP contribution is -2.09. The molecule has 0 spiro atoms. The van der Waals surface area contributed by atoms with E-state index in [1.165, 1.54) is 30.8 Å². The van der Waals surface area contributed by atoms with Gasteiger partial charge in [-0.15, -0.1) is 11.3 Å². The van der Waals surface area contributed by atoms with Crippen molar-refractivity contribution in [1.82, 2.24) is 9.97 Å². The van der Waals surface area contributed by atoms with Crippen LogP contribution in [0.4, 0.5) is 0 Å². The SMILES string of the molecule is COc1cc(C=C(C#N)c2nc3ccccc3s2)ccc1OC(=O)c1ccncc1. The monoisotopic (exact) mass is 413 g/mol. The highest BCUT2D eigenvalue weighted by molar-refractivity contribution is 7.19. The summed E-state index contributed by atoms with van der Waals surface area (Å²) < 4.78 is 11.8. The molecule has 4 rings (SSSR count). The van der Waals surface area contributed by atoms with E-state index >= 15 is 0 Å². The molecule has 30 heavy (non-hydrogen) atoms. The Morgan fingerprint density at radius 2 is 1.90 bits per heavy atom. The number of aromatic nitrogens is 2. The van der Waals surface area contributed by atoms with Crippen molar-refractivity contribution in [2.75, 3.05) is 7.11 Å². The number of esters is 1. The third-order valence-corrected chi connectivity index (χ3v) is 5.33. The highest BCUT2D eigenvalue weighted by Gasteiger charge is 2.14. The van der Waals surface area contributed by atoms with Crippen LogP contribution in [0.3, 0.4) is 0 Å². The molecule has 2 aromatic carbocycles. The molecule has 0 N–H and O–H groups in total. The molecule has 0 fully saturated rings. The second-order valence-electron chi connectivity index (χ2n) is 6.19. The number of thiazole rings is 1. The van der Waals surface area contributed by atoms with Crippen LogP contribution >= 0.6 is 11.3 Å². The topological polar surface area (TPSA) is 85.1 Å². The van der Waals surface area contributed by atoms with Crippen LogP contribution in [0.1, 0.15) is 20.9 Å². The number of methoxy groups -OCH3 is 1. The van der Waals surface area contributed by atoms with Gasteiger partial charge in [0.15, 0.2) is 11.5 Å². The maximum Gasteiger partial charge on any atom is 0.343 e. The van der Waals surface area contributed by atoms with Crippen molar-refractivity contribution in [3.05, 3.63) is 83.1 Å². The van der Waals surface area contributed by atoms with Crippen molar-refractivity contribution in [2.45, 2.75) is 0 Å². The van der Waals surface area contributed by atoms with Gasteiger partial charge in [0.2, 0.25) is 0 Å². The normalized spacial score (nSPS) is 11.1. The number of para-hydroxylation sites is 1. The second-order valence-corrected chi connectivity index (χ2v) is 7.22. The molecule has 2 heterocycles. The van der Waals surface area contributed by atoms with E-state index in [0.717, 1.165) is 15.8 Å². The van der Waals surface area contributed by atoms with E-state index in [4.69, 9.17) is 9.47 Å². The molecule has 0 aliphatic heterocycles. The van der Waals surface area contributed by atoms with Crippen LogP contribution in [0.5, 0.6) is 11.5 Å². The summed E-state index contributed by atoms with van der Waals surface area (Å²) in [5, 5.41) is 10.3. The van der Waals surface area contributed by atoms with Crippen molar-refractivity contribution in [1.29, 1.82) is 5.26 Å². The minimum absolute atomic E-state index is 0.287. The molecule has 0 saturated heterocycles. The molecule has 0 radical (unpaired) electrons. The van der Waals surface area contributed by atoms with Crippen molar-refractivity contribution < 1.29 is 14.3 Å². The molecular weight excluding hydrogens is 398 g/mol. The molecule has 0 atom stereocenters. The zero-order valence-corrected chi connectivity index (χ0v) is 16.7. The summed E-state index contributed by atoms with van der Waals surface area (Å²) >= 11 is 1.46. The Morgan fingerprint density at radius 1 is 1.10 bits per heavy atom. The largest absolute Gasteiger partial charge is 0.493 e. The number of carbonyl (C=O) groups excluding carboxylic acids is 1. The highest BCUT2D eigenvalue weighted by atomic mass is 32.1. The predicted molar refractivity (Wildman–Crippen MR) is 115 cm³/mol. The molecule has 0 amide bonds. The van der Waals surface area contributed by atoms with Crippen LogP contribution in [-0.2, 0) is 0 Å². The average molecular weight is 413 g/mol. The third-order valence-electron chi connectivity index (χ3n) is 4.26. The fourth-order valence-corrected chi connectivity index (χ4v) is 3.73. The van der Waals surface area contributed by atoms with Gasteiger partial charge in [-0.05, 0) is 48.0 Å². The molecule has 0 bridgehead atoms. The Morgan fingerprint density at radius 3 is 2.63 bits per heavy atom. The van der Waals surface area contributed by atoms with Gasteiger partial charge < -0.3 is 9.47 Å². The van der Waals surface area contributed by atoms with Gasteiger partial charge in [-0.2, -0.15) is 5.26 Å². The Hall–Kier alpha value is -4.02. The van der Waals surface area contributed by atoms with Gasteiger partial charge in [-0.1, -0.05) is 18.2 Å². The number of ether oxygens (including phenoxy) is 2. The van der Waals surface area contributed by atoms with E-state index < -0.39 is 5.97 Å². The van der Waals surface area contributed by atoms with Crippen molar-refractivity contribution >= 4 is 39.2 Å². The van der Waals surface area contributed by atoms with Crippen LogP contribution < -0.4 is 9.47 Å². The Balaban J connectivity index is 1.63. The maximum absolute atomic E-state index is 12.3. The summed E-state index contributed by atoms with van der Waals surface area (Å²) in [7, 11) is 1.49. The lowest BCUT2D eigenvalue weighted by molar-refractivity contribution is 0.0729. The van der Waals surface area contributed by atoms with Gasteiger partial charge in [0.1, 0.15) is 11.1 Å². The van der Waals surface area contributed by atoms with Crippen LogP contribution in [-0.4, -0.2) is 23.0 Å². The fraction of sp³-hybridized carbons (Fsp3) is 0.0435. The van der Waals surface area contributed by atoms with E-state index in [2.05, 4.69) is 16.0 Å². The third kappa shape index (κ3) is 4.04. The zero-order chi connectivity index (χ0) is 20.9. The first-order valence-corrected chi connectivity index (χ1v) is 9.77. The van der Waals surface area contributed by atoms with Gasteiger partial charge in [0, 0.05) is 12.4 Å². The summed E-state index contributed by atoms with van der Waals surface area (Å²) in [5.41, 5.74) is 2.42. The number of rotatable bonds is 5. The molecule has 0 aliphatic rings. The van der Waals surface area contributed by atoms with Crippen molar-refractivity contribution in [3.63, 3.8) is 0 Å². The van der Waals surface area contributed by atoms with Crippen LogP contribution in [0.15, 0.2) is 67.0 Å². The summed E-state index contributed by atoms with van der Waals surface area (Å²) in [4.78, 5) is 20.7. The second kappa shape index (κ2) is 8.55. The zero-order valence-electron chi connectivity index (χ0n) is 15.9. The minimum atomic E-state index is -0.508. The van der Waals surface area contributed by atoms with E-state index in [1.54, 1.807) is 36.4 Å². The Kier molecular flexibility index (Phi) is 5.50. The number of nitriles is 1. The molecule has 0 saturated carbocycles. The first kappa shape index (κ1) is 19.3. The summed E-state index contributed by atoms with van der Waals surface area (Å²) in [6.45, 7) is 0. The van der Waals surface area contributed by atoms with Gasteiger partial charge in [0.25, 0.3) is 0 Å². The van der Waals surface area contributed by atoms with Crippen molar-refractivity contribution in [2.24, 2.45) is 0 Å². The van der Waals surface area contributed by atoms with Gasteiger partial charge in [-0.25, -0.2) is 9.78 Å². The first-order valence-electron chi connectivity index (χ1n) is 8.96. The number of hydrogen-bond acceptors (Lipinski definition) is 7. The maximum atomic E-state index is 12.3. The smallest absolute Gasteiger partial charge is 0.343 e. The molecule has 0 unspecified atom stereocenters. The molecule has 6 nitrogen and oxygen atoms in total. The number of hydrogen-bond donors (Lipinski definition) is 0. The first-order chi connectivity index (χ1) is 14.7.